The minimum atomic E-state index is -5.05. The molecule has 114 valence electrons. The van der Waals surface area contributed by atoms with Crippen molar-refractivity contribution in [1.29, 1.82) is 0 Å². The molecule has 0 fully saturated rings. The van der Waals surface area contributed by atoms with Crippen molar-refractivity contribution < 1.29 is 35.8 Å². The van der Waals surface area contributed by atoms with Crippen molar-refractivity contribution in [2.24, 2.45) is 0 Å². The zero-order valence-corrected chi connectivity index (χ0v) is 10.0. The zero-order valence-electron chi connectivity index (χ0n) is 10.0. The predicted molar refractivity (Wildman–Crippen MR) is 54.9 cm³/mol. The number of halogens is 7. The highest BCUT2D eigenvalue weighted by Crippen LogP contribution is 2.31. The van der Waals surface area contributed by atoms with Crippen molar-refractivity contribution in [3.63, 3.8) is 0 Å². The summed E-state index contributed by atoms with van der Waals surface area (Å²) in [6.45, 7) is -0.541. The minimum absolute atomic E-state index is 0.374. The van der Waals surface area contributed by atoms with Gasteiger partial charge in [0.05, 0.1) is 5.56 Å². The Morgan fingerprint density at radius 1 is 1.10 bits per heavy atom. The van der Waals surface area contributed by atoms with E-state index < -0.39 is 41.6 Å². The van der Waals surface area contributed by atoms with Gasteiger partial charge in [-0.05, 0) is 25.1 Å². The first kappa shape index (κ1) is 16.7. The monoisotopic (exact) mass is 305 g/mol. The first-order valence-corrected chi connectivity index (χ1v) is 5.24. The van der Waals surface area contributed by atoms with Gasteiger partial charge in [0.1, 0.15) is 5.82 Å². The Hall–Kier alpha value is -1.35. The molecule has 20 heavy (non-hydrogen) atoms. The fourth-order valence-corrected chi connectivity index (χ4v) is 1.25. The second kappa shape index (κ2) is 5.21. The van der Waals surface area contributed by atoms with Crippen LogP contribution in [0.1, 0.15) is 18.1 Å². The maximum absolute atomic E-state index is 13.3. The molecule has 0 amide bonds. The minimum Gasteiger partial charge on any atom is -0.368 e. The molecule has 1 aromatic rings. The van der Waals surface area contributed by atoms with E-state index in [2.05, 4.69) is 0 Å². The average molecular weight is 305 g/mol. The van der Waals surface area contributed by atoms with Gasteiger partial charge in [0, 0.05) is 12.1 Å². The smallest absolute Gasteiger partial charge is 0.368 e. The van der Waals surface area contributed by atoms with Crippen LogP contribution in [0.3, 0.4) is 0 Å². The van der Waals surface area contributed by atoms with Gasteiger partial charge in [-0.3, -0.25) is 5.32 Å². The maximum atomic E-state index is 13.3. The third-order valence-corrected chi connectivity index (χ3v) is 2.55. The summed E-state index contributed by atoms with van der Waals surface area (Å²) < 4.78 is 87.4. The molecule has 1 aromatic carbocycles. The summed E-state index contributed by atoms with van der Waals surface area (Å²) >= 11 is 0. The van der Waals surface area contributed by atoms with Crippen LogP contribution in [0.15, 0.2) is 18.2 Å². The van der Waals surface area contributed by atoms with E-state index in [4.69, 9.17) is 5.11 Å². The molecule has 1 rings (SSSR count). The molecule has 0 aliphatic rings. The van der Waals surface area contributed by atoms with Gasteiger partial charge in [-0.1, -0.05) is 0 Å². The second-order valence-corrected chi connectivity index (χ2v) is 4.23. The van der Waals surface area contributed by atoms with E-state index in [9.17, 15) is 30.7 Å². The number of aliphatic hydroxyl groups is 1. The van der Waals surface area contributed by atoms with Crippen LogP contribution >= 0.6 is 0 Å². The summed E-state index contributed by atoms with van der Waals surface area (Å²) in [5.41, 5.74) is -5.17. The lowest BCUT2D eigenvalue weighted by molar-refractivity contribution is -0.265. The van der Waals surface area contributed by atoms with E-state index in [1.54, 1.807) is 5.32 Å². The first-order valence-electron chi connectivity index (χ1n) is 5.24. The number of nitrogens with one attached hydrogen (secondary N) is 1. The summed E-state index contributed by atoms with van der Waals surface area (Å²) in [5, 5.41) is 10.6. The zero-order chi connectivity index (χ0) is 15.8. The normalized spacial score (nSPS) is 16.1. The summed E-state index contributed by atoms with van der Waals surface area (Å²) in [6.07, 6.45) is -9.79. The molecule has 0 bridgehead atoms. The predicted octanol–water partition coefficient (Wildman–Crippen LogP) is 3.20. The standard InChI is InChI=1S/C11H10F7NO/c1-9(20,11(16,17)18)19-5-6-4-7(10(13,14)15)2-3-8(6)12/h2-4,19-20H,5H2,1H3. The molecule has 1 atom stereocenters. The Morgan fingerprint density at radius 2 is 1.65 bits per heavy atom. The van der Waals surface area contributed by atoms with Gasteiger partial charge in [0.25, 0.3) is 0 Å². The van der Waals surface area contributed by atoms with Crippen LogP contribution in [0.2, 0.25) is 0 Å². The van der Waals surface area contributed by atoms with Crippen molar-refractivity contribution in [2.45, 2.75) is 31.5 Å². The third kappa shape index (κ3) is 3.83. The molecule has 0 spiro atoms. The largest absolute Gasteiger partial charge is 0.430 e. The van der Waals surface area contributed by atoms with E-state index in [1.807, 2.05) is 0 Å². The highest BCUT2D eigenvalue weighted by atomic mass is 19.4. The van der Waals surface area contributed by atoms with Crippen LogP contribution in [0.25, 0.3) is 0 Å². The highest BCUT2D eigenvalue weighted by molar-refractivity contribution is 5.27. The molecule has 0 aromatic heterocycles. The van der Waals surface area contributed by atoms with E-state index in [1.165, 1.54) is 0 Å². The van der Waals surface area contributed by atoms with Crippen molar-refractivity contribution >= 4 is 0 Å². The summed E-state index contributed by atoms with van der Waals surface area (Å²) in [5.74, 6) is -1.11. The average Bonchev–Trinajstić information content (AvgIpc) is 2.24. The topological polar surface area (TPSA) is 32.3 Å². The Kier molecular flexibility index (Phi) is 4.35. The molecule has 2 N–H and O–H groups in total. The molecule has 0 aliphatic heterocycles. The quantitative estimate of drug-likeness (QED) is 0.664. The van der Waals surface area contributed by atoms with Gasteiger partial charge in [-0.25, -0.2) is 4.39 Å². The van der Waals surface area contributed by atoms with Gasteiger partial charge in [-0.15, -0.1) is 0 Å². The van der Waals surface area contributed by atoms with Crippen LogP contribution in [0, 0.1) is 5.82 Å². The first-order chi connectivity index (χ1) is 8.84. The van der Waals surface area contributed by atoms with Gasteiger partial charge in [-0.2, -0.15) is 26.3 Å². The van der Waals surface area contributed by atoms with E-state index >= 15 is 0 Å². The molecular weight excluding hydrogens is 295 g/mol. The molecule has 0 saturated heterocycles. The molecular formula is C11H10F7NO. The number of hydrogen-bond donors (Lipinski definition) is 2. The lowest BCUT2D eigenvalue weighted by Crippen LogP contribution is -2.54. The molecule has 0 aliphatic carbocycles. The second-order valence-electron chi connectivity index (χ2n) is 4.23. The SMILES string of the molecule is CC(O)(NCc1cc(C(F)(F)F)ccc1F)C(F)(F)F. The number of rotatable bonds is 3. The third-order valence-electron chi connectivity index (χ3n) is 2.55. The van der Waals surface area contributed by atoms with Crippen molar-refractivity contribution in [2.75, 3.05) is 0 Å². The lowest BCUT2D eigenvalue weighted by Gasteiger charge is -2.27. The van der Waals surface area contributed by atoms with Crippen molar-refractivity contribution in [3.05, 3.63) is 35.1 Å². The van der Waals surface area contributed by atoms with Gasteiger partial charge >= 0.3 is 12.4 Å². The van der Waals surface area contributed by atoms with Gasteiger partial charge in [0.15, 0.2) is 0 Å². The fraction of sp³-hybridized carbons (Fsp3) is 0.455. The van der Waals surface area contributed by atoms with E-state index in [0.29, 0.717) is 25.1 Å². The summed E-state index contributed by atoms with van der Waals surface area (Å²) in [4.78, 5) is 0. The summed E-state index contributed by atoms with van der Waals surface area (Å²) in [7, 11) is 0. The molecule has 2 nitrogen and oxygen atoms in total. The number of alkyl halides is 6. The van der Waals surface area contributed by atoms with Crippen molar-refractivity contribution in [1.82, 2.24) is 5.32 Å². The van der Waals surface area contributed by atoms with Crippen LogP contribution < -0.4 is 5.32 Å². The van der Waals surface area contributed by atoms with Gasteiger partial charge < -0.3 is 5.11 Å². The Labute approximate surface area is 109 Å². The molecule has 1 unspecified atom stereocenters. The molecule has 0 heterocycles. The Morgan fingerprint density at radius 3 is 2.10 bits per heavy atom. The summed E-state index contributed by atoms with van der Waals surface area (Å²) in [6, 6.07) is 1.36. The Balaban J connectivity index is 2.94. The Bertz CT molecular complexity index is 479. The van der Waals surface area contributed by atoms with E-state index in [-0.39, 0.29) is 0 Å². The lowest BCUT2D eigenvalue weighted by atomic mass is 10.1. The van der Waals surface area contributed by atoms with Crippen LogP contribution in [0.5, 0.6) is 0 Å². The molecule has 0 radical (unpaired) electrons. The van der Waals surface area contributed by atoms with Gasteiger partial charge in [0.2, 0.25) is 5.72 Å². The number of benzene rings is 1. The highest BCUT2D eigenvalue weighted by Gasteiger charge is 2.49. The fourth-order valence-electron chi connectivity index (χ4n) is 1.25. The van der Waals surface area contributed by atoms with Crippen LogP contribution in [0.4, 0.5) is 30.7 Å². The van der Waals surface area contributed by atoms with Crippen LogP contribution in [-0.2, 0) is 12.7 Å². The van der Waals surface area contributed by atoms with Crippen LogP contribution in [-0.4, -0.2) is 17.0 Å². The van der Waals surface area contributed by atoms with Crippen molar-refractivity contribution in [3.8, 4) is 0 Å². The number of hydrogen-bond acceptors (Lipinski definition) is 2. The van der Waals surface area contributed by atoms with E-state index in [0.717, 1.165) is 0 Å². The molecule has 0 saturated carbocycles. The maximum Gasteiger partial charge on any atom is 0.430 e. The molecule has 9 heteroatoms.